The third kappa shape index (κ3) is 5.83. The van der Waals surface area contributed by atoms with Crippen molar-refractivity contribution in [1.82, 2.24) is 5.32 Å². The van der Waals surface area contributed by atoms with E-state index in [0.717, 1.165) is 24.8 Å². The summed E-state index contributed by atoms with van der Waals surface area (Å²) >= 11 is 0. The van der Waals surface area contributed by atoms with Crippen molar-refractivity contribution in [1.29, 1.82) is 0 Å². The van der Waals surface area contributed by atoms with Gasteiger partial charge in [-0.3, -0.25) is 4.79 Å². The van der Waals surface area contributed by atoms with Crippen LogP contribution in [0.25, 0.3) is 0 Å². The van der Waals surface area contributed by atoms with Gasteiger partial charge in [-0.2, -0.15) is 0 Å². The Labute approximate surface area is 114 Å². The maximum absolute atomic E-state index is 12.9. The van der Waals surface area contributed by atoms with E-state index in [0.29, 0.717) is 6.61 Å². The molecule has 1 aromatic carbocycles. The zero-order chi connectivity index (χ0) is 14.1. The highest BCUT2D eigenvalue weighted by atomic mass is 19.1. The first kappa shape index (κ1) is 15.6. The van der Waals surface area contributed by atoms with Gasteiger partial charge in [0.2, 0.25) is 0 Å². The summed E-state index contributed by atoms with van der Waals surface area (Å²) < 4.78 is 17.8. The van der Waals surface area contributed by atoms with Crippen LogP contribution in [0, 0.1) is 5.82 Å². The molecule has 3 nitrogen and oxygen atoms in total. The van der Waals surface area contributed by atoms with Crippen LogP contribution in [0.1, 0.15) is 44.7 Å². The molecule has 1 aromatic rings. The molecule has 1 rings (SSSR count). The molecule has 1 unspecified atom stereocenters. The van der Waals surface area contributed by atoms with Crippen LogP contribution in [0.15, 0.2) is 24.3 Å². The molecule has 19 heavy (non-hydrogen) atoms. The van der Waals surface area contributed by atoms with E-state index in [2.05, 4.69) is 12.2 Å². The predicted octanol–water partition coefficient (Wildman–Crippen LogP) is 3.21. The third-order valence-corrected chi connectivity index (χ3v) is 2.92. The fraction of sp³-hybridized carbons (Fsp3) is 0.533. The van der Waals surface area contributed by atoms with Crippen molar-refractivity contribution in [2.45, 2.75) is 39.2 Å². The second kappa shape index (κ2) is 8.64. The number of esters is 1. The molecule has 0 aliphatic rings. The van der Waals surface area contributed by atoms with Gasteiger partial charge in [-0.1, -0.05) is 31.9 Å². The van der Waals surface area contributed by atoms with E-state index < -0.39 is 0 Å². The molecule has 0 bridgehead atoms. The van der Waals surface area contributed by atoms with Crippen LogP contribution in [-0.2, 0) is 9.53 Å². The Bertz CT molecular complexity index is 378. The molecule has 0 radical (unpaired) electrons. The molecule has 0 aromatic heterocycles. The van der Waals surface area contributed by atoms with Gasteiger partial charge in [-0.25, -0.2) is 4.39 Å². The minimum Gasteiger partial charge on any atom is -0.465 e. The number of hydrogen-bond donors (Lipinski definition) is 1. The molecule has 0 fully saturated rings. The molecule has 0 aliphatic heterocycles. The first-order chi connectivity index (χ1) is 9.17. The van der Waals surface area contributed by atoms with Gasteiger partial charge in [0.1, 0.15) is 5.82 Å². The molecule has 0 heterocycles. The Balaban J connectivity index is 2.60. The Morgan fingerprint density at radius 3 is 2.58 bits per heavy atom. The van der Waals surface area contributed by atoms with E-state index in [4.69, 9.17) is 4.74 Å². The number of rotatable bonds is 8. The van der Waals surface area contributed by atoms with Crippen molar-refractivity contribution in [3.05, 3.63) is 35.6 Å². The van der Waals surface area contributed by atoms with Gasteiger partial charge in [-0.15, -0.1) is 0 Å². The van der Waals surface area contributed by atoms with Crippen LogP contribution in [0.3, 0.4) is 0 Å². The normalized spacial score (nSPS) is 12.2. The van der Waals surface area contributed by atoms with Crippen molar-refractivity contribution >= 4 is 5.97 Å². The standard InChI is InChI=1S/C15H22FNO2/c1-3-5-6-14(17-11-15(18)19-4-2)12-7-9-13(16)10-8-12/h7-10,14,17H,3-6,11H2,1-2H3. The summed E-state index contributed by atoms with van der Waals surface area (Å²) in [6.07, 6.45) is 3.05. The fourth-order valence-corrected chi connectivity index (χ4v) is 1.91. The highest BCUT2D eigenvalue weighted by Gasteiger charge is 2.12. The second-order valence-electron chi connectivity index (χ2n) is 4.43. The highest BCUT2D eigenvalue weighted by Crippen LogP contribution is 2.19. The maximum atomic E-state index is 12.9. The van der Waals surface area contributed by atoms with Gasteiger partial charge < -0.3 is 10.1 Å². The molecule has 0 amide bonds. The third-order valence-electron chi connectivity index (χ3n) is 2.92. The van der Waals surface area contributed by atoms with E-state index in [9.17, 15) is 9.18 Å². The van der Waals surface area contributed by atoms with E-state index >= 15 is 0 Å². The Morgan fingerprint density at radius 2 is 2.00 bits per heavy atom. The Kier molecular flexibility index (Phi) is 7.11. The van der Waals surface area contributed by atoms with Crippen LogP contribution < -0.4 is 5.32 Å². The molecular weight excluding hydrogens is 245 g/mol. The summed E-state index contributed by atoms with van der Waals surface area (Å²) in [6, 6.07) is 6.47. The lowest BCUT2D eigenvalue weighted by Crippen LogP contribution is -2.29. The molecule has 1 N–H and O–H groups in total. The lowest BCUT2D eigenvalue weighted by Gasteiger charge is -2.18. The summed E-state index contributed by atoms with van der Waals surface area (Å²) in [5.41, 5.74) is 0.999. The van der Waals surface area contributed by atoms with Gasteiger partial charge in [0, 0.05) is 6.04 Å². The van der Waals surface area contributed by atoms with Crippen molar-refractivity contribution in [2.24, 2.45) is 0 Å². The van der Waals surface area contributed by atoms with Gasteiger partial charge >= 0.3 is 5.97 Å². The zero-order valence-electron chi connectivity index (χ0n) is 11.6. The van der Waals surface area contributed by atoms with Crippen LogP contribution in [0.5, 0.6) is 0 Å². The average Bonchev–Trinajstić information content (AvgIpc) is 2.40. The molecule has 0 saturated carbocycles. The Hall–Kier alpha value is -1.42. The molecule has 0 spiro atoms. The number of nitrogens with one attached hydrogen (secondary N) is 1. The van der Waals surface area contributed by atoms with Gasteiger partial charge in [-0.05, 0) is 31.0 Å². The lowest BCUT2D eigenvalue weighted by molar-refractivity contribution is -0.142. The van der Waals surface area contributed by atoms with Gasteiger partial charge in [0.05, 0.1) is 13.2 Å². The van der Waals surface area contributed by atoms with E-state index in [1.54, 1.807) is 19.1 Å². The summed E-state index contributed by atoms with van der Waals surface area (Å²) in [5, 5.41) is 3.18. The number of ether oxygens (including phenoxy) is 1. The minimum atomic E-state index is -0.258. The fourth-order valence-electron chi connectivity index (χ4n) is 1.91. The SMILES string of the molecule is CCCCC(NCC(=O)OCC)c1ccc(F)cc1. The number of carbonyl (C=O) groups excluding carboxylic acids is 1. The topological polar surface area (TPSA) is 38.3 Å². The van der Waals surface area contributed by atoms with E-state index in [1.807, 2.05) is 0 Å². The molecular formula is C15H22FNO2. The Morgan fingerprint density at radius 1 is 1.32 bits per heavy atom. The van der Waals surface area contributed by atoms with Gasteiger partial charge in [0.25, 0.3) is 0 Å². The predicted molar refractivity (Wildman–Crippen MR) is 73.3 cm³/mol. The lowest BCUT2D eigenvalue weighted by atomic mass is 10.0. The molecule has 0 aliphatic carbocycles. The summed E-state index contributed by atoms with van der Waals surface area (Å²) in [4.78, 5) is 11.4. The molecule has 4 heteroatoms. The maximum Gasteiger partial charge on any atom is 0.319 e. The zero-order valence-corrected chi connectivity index (χ0v) is 11.6. The first-order valence-corrected chi connectivity index (χ1v) is 6.81. The first-order valence-electron chi connectivity index (χ1n) is 6.81. The number of unbranched alkanes of at least 4 members (excludes halogenated alkanes) is 1. The number of halogens is 1. The number of hydrogen-bond acceptors (Lipinski definition) is 3. The van der Waals surface area contributed by atoms with E-state index in [1.165, 1.54) is 12.1 Å². The monoisotopic (exact) mass is 267 g/mol. The quantitative estimate of drug-likeness (QED) is 0.735. The van der Waals surface area contributed by atoms with E-state index in [-0.39, 0.29) is 24.4 Å². The van der Waals surface area contributed by atoms with Crippen molar-refractivity contribution in [2.75, 3.05) is 13.2 Å². The van der Waals surface area contributed by atoms with Crippen LogP contribution in [-0.4, -0.2) is 19.1 Å². The minimum absolute atomic E-state index is 0.0601. The molecule has 106 valence electrons. The van der Waals surface area contributed by atoms with Crippen molar-refractivity contribution < 1.29 is 13.9 Å². The number of benzene rings is 1. The summed E-state index contributed by atoms with van der Waals surface area (Å²) in [7, 11) is 0. The largest absolute Gasteiger partial charge is 0.465 e. The van der Waals surface area contributed by atoms with Crippen molar-refractivity contribution in [3.8, 4) is 0 Å². The van der Waals surface area contributed by atoms with Crippen LogP contribution >= 0.6 is 0 Å². The average molecular weight is 267 g/mol. The summed E-state index contributed by atoms with van der Waals surface area (Å²) in [6.45, 7) is 4.47. The van der Waals surface area contributed by atoms with Crippen molar-refractivity contribution in [3.63, 3.8) is 0 Å². The molecule has 0 saturated heterocycles. The number of carbonyl (C=O) groups is 1. The molecule has 1 atom stereocenters. The van der Waals surface area contributed by atoms with Crippen LogP contribution in [0.4, 0.5) is 4.39 Å². The smallest absolute Gasteiger partial charge is 0.319 e. The summed E-state index contributed by atoms with van der Waals surface area (Å²) in [5.74, 6) is -0.505. The van der Waals surface area contributed by atoms with Gasteiger partial charge in [0.15, 0.2) is 0 Å². The van der Waals surface area contributed by atoms with Crippen LogP contribution in [0.2, 0.25) is 0 Å². The second-order valence-corrected chi connectivity index (χ2v) is 4.43. The highest BCUT2D eigenvalue weighted by molar-refractivity contribution is 5.71.